The highest BCUT2D eigenvalue weighted by molar-refractivity contribution is 4.93. The second-order valence-corrected chi connectivity index (χ2v) is 6.84. The molecule has 0 aliphatic heterocycles. The Kier molecular flexibility index (Phi) is 5.08. The molecule has 2 fully saturated rings. The molecule has 0 bridgehead atoms. The predicted molar refractivity (Wildman–Crippen MR) is 76.7 cm³/mol. The SMILES string of the molecule is CCOC1CC(NC2CC(C)CCC2C(C)C)C1. The molecule has 0 aromatic heterocycles. The molecular formula is C16H31NO. The molecule has 1 N–H and O–H groups in total. The highest BCUT2D eigenvalue weighted by Crippen LogP contribution is 2.35. The maximum Gasteiger partial charge on any atom is 0.0604 e. The summed E-state index contributed by atoms with van der Waals surface area (Å²) in [4.78, 5) is 0. The van der Waals surface area contributed by atoms with E-state index in [0.717, 1.165) is 36.4 Å². The van der Waals surface area contributed by atoms with E-state index in [4.69, 9.17) is 4.74 Å². The summed E-state index contributed by atoms with van der Waals surface area (Å²) in [7, 11) is 0. The van der Waals surface area contributed by atoms with Crippen LogP contribution >= 0.6 is 0 Å². The number of hydrogen-bond acceptors (Lipinski definition) is 2. The van der Waals surface area contributed by atoms with E-state index < -0.39 is 0 Å². The molecule has 0 radical (unpaired) electrons. The van der Waals surface area contributed by atoms with Crippen molar-refractivity contribution in [3.63, 3.8) is 0 Å². The minimum Gasteiger partial charge on any atom is -0.378 e. The summed E-state index contributed by atoms with van der Waals surface area (Å²) >= 11 is 0. The lowest BCUT2D eigenvalue weighted by atomic mass is 9.73. The molecule has 2 rings (SSSR count). The van der Waals surface area contributed by atoms with Crippen LogP contribution in [0, 0.1) is 17.8 Å². The van der Waals surface area contributed by atoms with Gasteiger partial charge in [0.25, 0.3) is 0 Å². The van der Waals surface area contributed by atoms with Gasteiger partial charge in [-0.1, -0.05) is 27.2 Å². The molecule has 2 aliphatic carbocycles. The van der Waals surface area contributed by atoms with Crippen LogP contribution in [0.2, 0.25) is 0 Å². The number of hydrogen-bond donors (Lipinski definition) is 1. The third-order valence-electron chi connectivity index (χ3n) is 4.97. The Bertz CT molecular complexity index is 247. The van der Waals surface area contributed by atoms with Crippen molar-refractivity contribution in [3.05, 3.63) is 0 Å². The number of nitrogens with one attached hydrogen (secondary N) is 1. The van der Waals surface area contributed by atoms with E-state index in [-0.39, 0.29) is 0 Å². The maximum absolute atomic E-state index is 5.65. The van der Waals surface area contributed by atoms with Crippen molar-refractivity contribution in [1.82, 2.24) is 5.32 Å². The Balaban J connectivity index is 1.79. The monoisotopic (exact) mass is 253 g/mol. The predicted octanol–water partition coefficient (Wildman–Crippen LogP) is 3.60. The lowest BCUT2D eigenvalue weighted by Gasteiger charge is -2.44. The molecule has 0 saturated heterocycles. The summed E-state index contributed by atoms with van der Waals surface area (Å²) in [6.07, 6.45) is 7.20. The summed E-state index contributed by atoms with van der Waals surface area (Å²) in [5, 5.41) is 3.93. The topological polar surface area (TPSA) is 21.3 Å². The zero-order chi connectivity index (χ0) is 13.1. The van der Waals surface area contributed by atoms with Gasteiger partial charge < -0.3 is 10.1 Å². The third-order valence-corrected chi connectivity index (χ3v) is 4.97. The molecular weight excluding hydrogens is 222 g/mol. The minimum absolute atomic E-state index is 0.533. The van der Waals surface area contributed by atoms with Crippen LogP contribution in [0.4, 0.5) is 0 Å². The molecule has 3 atom stereocenters. The molecule has 106 valence electrons. The van der Waals surface area contributed by atoms with E-state index in [0.29, 0.717) is 6.10 Å². The average Bonchev–Trinajstić information content (AvgIpc) is 2.26. The van der Waals surface area contributed by atoms with E-state index in [9.17, 15) is 0 Å². The van der Waals surface area contributed by atoms with Gasteiger partial charge in [-0.05, 0) is 50.4 Å². The molecule has 0 aromatic carbocycles. The van der Waals surface area contributed by atoms with Gasteiger partial charge in [0.05, 0.1) is 6.10 Å². The van der Waals surface area contributed by atoms with Crippen molar-refractivity contribution < 1.29 is 4.74 Å². The Labute approximate surface area is 113 Å². The summed E-state index contributed by atoms with van der Waals surface area (Å²) in [6, 6.07) is 1.47. The Hall–Kier alpha value is -0.0800. The first kappa shape index (κ1) is 14.3. The van der Waals surface area contributed by atoms with Crippen LogP contribution in [-0.4, -0.2) is 24.8 Å². The van der Waals surface area contributed by atoms with Gasteiger partial charge in [0.2, 0.25) is 0 Å². The van der Waals surface area contributed by atoms with Crippen molar-refractivity contribution >= 4 is 0 Å². The molecule has 2 aliphatic rings. The highest BCUT2D eigenvalue weighted by atomic mass is 16.5. The molecule has 3 unspecified atom stereocenters. The van der Waals surface area contributed by atoms with Crippen LogP contribution in [-0.2, 0) is 4.74 Å². The van der Waals surface area contributed by atoms with E-state index in [1.807, 2.05) is 0 Å². The summed E-state index contributed by atoms with van der Waals surface area (Å²) in [5.74, 6) is 2.60. The second kappa shape index (κ2) is 6.38. The van der Waals surface area contributed by atoms with Gasteiger partial charge in [0.15, 0.2) is 0 Å². The van der Waals surface area contributed by atoms with Gasteiger partial charge in [0, 0.05) is 18.7 Å². The second-order valence-electron chi connectivity index (χ2n) is 6.84. The molecule has 18 heavy (non-hydrogen) atoms. The van der Waals surface area contributed by atoms with Crippen LogP contribution in [0.25, 0.3) is 0 Å². The van der Waals surface area contributed by atoms with E-state index in [1.54, 1.807) is 0 Å². The fraction of sp³-hybridized carbons (Fsp3) is 1.00. The van der Waals surface area contributed by atoms with Crippen molar-refractivity contribution in [3.8, 4) is 0 Å². The normalized spacial score (nSPS) is 40.8. The van der Waals surface area contributed by atoms with Crippen molar-refractivity contribution in [2.24, 2.45) is 17.8 Å². The first-order valence-electron chi connectivity index (χ1n) is 7.97. The molecule has 2 saturated carbocycles. The van der Waals surface area contributed by atoms with E-state index >= 15 is 0 Å². The van der Waals surface area contributed by atoms with Gasteiger partial charge in [-0.3, -0.25) is 0 Å². The molecule has 0 spiro atoms. The summed E-state index contributed by atoms with van der Waals surface area (Å²) in [5.41, 5.74) is 0. The fourth-order valence-electron chi connectivity index (χ4n) is 3.77. The molecule has 0 amide bonds. The number of rotatable bonds is 5. The first-order valence-corrected chi connectivity index (χ1v) is 7.97. The van der Waals surface area contributed by atoms with Gasteiger partial charge >= 0.3 is 0 Å². The smallest absolute Gasteiger partial charge is 0.0604 e. The van der Waals surface area contributed by atoms with Crippen LogP contribution in [0.1, 0.15) is 59.8 Å². The van der Waals surface area contributed by atoms with Crippen LogP contribution in [0.15, 0.2) is 0 Å². The summed E-state index contributed by atoms with van der Waals surface area (Å²) < 4.78 is 5.65. The van der Waals surface area contributed by atoms with Crippen LogP contribution < -0.4 is 5.32 Å². The Morgan fingerprint density at radius 2 is 1.89 bits per heavy atom. The zero-order valence-corrected chi connectivity index (χ0v) is 12.6. The highest BCUT2D eigenvalue weighted by Gasteiger charge is 2.36. The van der Waals surface area contributed by atoms with E-state index in [2.05, 4.69) is 33.0 Å². The van der Waals surface area contributed by atoms with Crippen LogP contribution in [0.3, 0.4) is 0 Å². The molecule has 0 aromatic rings. The quantitative estimate of drug-likeness (QED) is 0.808. The van der Waals surface area contributed by atoms with Crippen molar-refractivity contribution in [2.45, 2.75) is 78.0 Å². The molecule has 2 nitrogen and oxygen atoms in total. The van der Waals surface area contributed by atoms with Gasteiger partial charge in [-0.25, -0.2) is 0 Å². The molecule has 0 heterocycles. The zero-order valence-electron chi connectivity index (χ0n) is 12.6. The van der Waals surface area contributed by atoms with Crippen molar-refractivity contribution in [1.29, 1.82) is 0 Å². The average molecular weight is 253 g/mol. The van der Waals surface area contributed by atoms with Gasteiger partial charge in [-0.2, -0.15) is 0 Å². The minimum atomic E-state index is 0.533. The summed E-state index contributed by atoms with van der Waals surface area (Å²) in [6.45, 7) is 10.2. The largest absolute Gasteiger partial charge is 0.378 e. The lowest BCUT2D eigenvalue weighted by Crippen LogP contribution is -2.53. The van der Waals surface area contributed by atoms with Crippen LogP contribution in [0.5, 0.6) is 0 Å². The maximum atomic E-state index is 5.65. The van der Waals surface area contributed by atoms with E-state index in [1.165, 1.54) is 32.1 Å². The first-order chi connectivity index (χ1) is 8.60. The van der Waals surface area contributed by atoms with Gasteiger partial charge in [0.1, 0.15) is 0 Å². The third kappa shape index (κ3) is 3.48. The lowest BCUT2D eigenvalue weighted by molar-refractivity contribution is -0.0177. The Morgan fingerprint density at radius 3 is 2.50 bits per heavy atom. The van der Waals surface area contributed by atoms with Crippen molar-refractivity contribution in [2.75, 3.05) is 6.61 Å². The molecule has 2 heteroatoms. The van der Waals surface area contributed by atoms with Gasteiger partial charge in [-0.15, -0.1) is 0 Å². The Morgan fingerprint density at radius 1 is 1.17 bits per heavy atom. The number of ether oxygens (including phenoxy) is 1. The fourth-order valence-corrected chi connectivity index (χ4v) is 3.77. The standard InChI is InChI=1S/C16H31NO/c1-5-18-14-9-13(10-14)17-16-8-12(4)6-7-15(16)11(2)3/h11-17H,5-10H2,1-4H3.